The minimum Gasteiger partial charge on any atom is -0.383 e. The van der Waals surface area contributed by atoms with E-state index >= 15 is 0 Å². The summed E-state index contributed by atoms with van der Waals surface area (Å²) >= 11 is 0. The summed E-state index contributed by atoms with van der Waals surface area (Å²) in [7, 11) is -1.16. The van der Waals surface area contributed by atoms with Gasteiger partial charge in [-0.2, -0.15) is 0 Å². The molecule has 0 saturated heterocycles. The van der Waals surface area contributed by atoms with Gasteiger partial charge in [-0.3, -0.25) is 4.99 Å². The van der Waals surface area contributed by atoms with Crippen LogP contribution in [0.1, 0.15) is 48.6 Å². The number of amidine groups is 1. The number of fused-ring (bicyclic) bond motifs is 6. The van der Waals surface area contributed by atoms with Gasteiger partial charge in [0.15, 0.2) is 15.0 Å². The van der Waals surface area contributed by atoms with Crippen LogP contribution in [0.3, 0.4) is 0 Å². The molecule has 1 atom stereocenters. The molecule has 3 aliphatic rings. The molecule has 1 aromatic heterocycles. The first-order valence-corrected chi connectivity index (χ1v) is 23.3. The first kappa shape index (κ1) is 39.1. The second-order valence-corrected chi connectivity index (χ2v) is 18.5. The van der Waals surface area contributed by atoms with E-state index in [4.69, 9.17) is 15.7 Å². The number of aromatic nitrogens is 1. The number of nitrogens with zero attached hydrogens (tertiary/aromatic N) is 3. The Labute approximate surface area is 366 Å². The molecule has 4 nitrogen and oxygen atoms in total. The molecule has 10 rings (SSSR count). The molecule has 2 N–H and O–H groups in total. The molecule has 62 heavy (non-hydrogen) atoms. The third kappa shape index (κ3) is 7.61. The van der Waals surface area contributed by atoms with Gasteiger partial charge >= 0.3 is 0 Å². The van der Waals surface area contributed by atoms with Crippen LogP contribution in [0.4, 0.5) is 0 Å². The van der Waals surface area contributed by atoms with Crippen molar-refractivity contribution in [2.75, 3.05) is 0 Å². The third-order valence-corrected chi connectivity index (χ3v) is 15.2. The van der Waals surface area contributed by atoms with Crippen LogP contribution in [0, 0.1) is 0 Å². The summed E-state index contributed by atoms with van der Waals surface area (Å²) in [6.07, 6.45) is 23.8. The lowest BCUT2D eigenvalue weighted by Gasteiger charge is -2.17. The molecule has 2 aliphatic carbocycles. The molecule has 1 unspecified atom stereocenters. The van der Waals surface area contributed by atoms with Crippen LogP contribution in [0.2, 0.25) is 0 Å². The number of hydrogen-bond donors (Lipinski definition) is 1. The van der Waals surface area contributed by atoms with Gasteiger partial charge < -0.3 is 10.3 Å². The fourth-order valence-corrected chi connectivity index (χ4v) is 12.4. The number of hydrogen-bond acceptors (Lipinski definition) is 2. The Hall–Kier alpha value is -7.08. The maximum absolute atomic E-state index is 6.70. The minimum atomic E-state index is -1.16. The molecule has 2 heterocycles. The van der Waals surface area contributed by atoms with Gasteiger partial charge in [-0.25, -0.2) is 4.99 Å². The van der Waals surface area contributed by atoms with Crippen molar-refractivity contribution in [3.63, 3.8) is 0 Å². The van der Waals surface area contributed by atoms with E-state index in [1.54, 1.807) is 0 Å². The van der Waals surface area contributed by atoms with E-state index in [0.29, 0.717) is 5.84 Å². The van der Waals surface area contributed by atoms with Crippen LogP contribution in [0.15, 0.2) is 209 Å². The highest BCUT2D eigenvalue weighted by molar-refractivity contribution is 6.99. The standard InChI is InChI=1S/C57H49N4Si/c1-2-42(56(58)60-57(44-21-8-4-9-22-44)59-39-41-18-6-3-7-19-41)23-16-20-40-32-37-53-51(38-40)48-26-12-14-30-52(48)61(53)45-35-33-43(34-36-45)47-28-17-29-50-49-27-13-15-31-54(49)62(55(47)50)46-24-10-5-11-25-46/h2-3,5-8,10-13,15-19,21-29,31-39,57H,4,9,14,20,30H2,1H3,(H2,58,60)/b23-16-,42-2+,59-39?. The Morgan fingerprint density at radius 3 is 2.32 bits per heavy atom. The van der Waals surface area contributed by atoms with Crippen molar-refractivity contribution in [1.82, 2.24) is 4.57 Å². The maximum atomic E-state index is 6.70. The molecule has 301 valence electrons. The minimum absolute atomic E-state index is 0.401. The predicted octanol–water partition coefficient (Wildman–Crippen LogP) is 10.9. The normalized spacial score (nSPS) is 15.6. The highest BCUT2D eigenvalue weighted by Gasteiger charge is 2.34. The average molecular weight is 818 g/mol. The van der Waals surface area contributed by atoms with E-state index in [1.165, 1.54) is 71.2 Å². The van der Waals surface area contributed by atoms with Crippen LogP contribution < -0.4 is 21.3 Å². The largest absolute Gasteiger partial charge is 0.383 e. The Morgan fingerprint density at radius 2 is 1.52 bits per heavy atom. The van der Waals surface area contributed by atoms with E-state index in [9.17, 15) is 0 Å². The fraction of sp³-hybridized carbons (Fsp3) is 0.123. The van der Waals surface area contributed by atoms with Gasteiger partial charge in [-0.1, -0.05) is 175 Å². The van der Waals surface area contributed by atoms with Gasteiger partial charge in [0.05, 0.1) is 5.52 Å². The van der Waals surface area contributed by atoms with Gasteiger partial charge in [0.25, 0.3) is 0 Å². The molecule has 1 radical (unpaired) electrons. The van der Waals surface area contributed by atoms with Crippen molar-refractivity contribution in [2.45, 2.75) is 45.2 Å². The third-order valence-electron chi connectivity index (χ3n) is 12.3. The van der Waals surface area contributed by atoms with Gasteiger partial charge in [-0.15, -0.1) is 0 Å². The molecule has 0 amide bonds. The van der Waals surface area contributed by atoms with E-state index < -0.39 is 15.0 Å². The molecule has 0 saturated carbocycles. The quantitative estimate of drug-likeness (QED) is 0.0601. The molecule has 0 spiro atoms. The summed E-state index contributed by atoms with van der Waals surface area (Å²) in [5, 5.41) is 5.70. The average Bonchev–Trinajstić information content (AvgIpc) is 3.85. The van der Waals surface area contributed by atoms with Crippen molar-refractivity contribution in [3.8, 4) is 27.9 Å². The fourth-order valence-electron chi connectivity index (χ4n) is 9.32. The lowest BCUT2D eigenvalue weighted by atomic mass is 9.99. The Bertz CT molecular complexity index is 3000. The molecule has 0 fully saturated rings. The van der Waals surface area contributed by atoms with E-state index in [2.05, 4.69) is 162 Å². The number of nitrogens with two attached hydrogens (primary N) is 1. The summed E-state index contributed by atoms with van der Waals surface area (Å²) < 4.78 is 2.49. The molecule has 5 heteroatoms. The van der Waals surface area contributed by atoms with Crippen molar-refractivity contribution in [1.29, 1.82) is 0 Å². The van der Waals surface area contributed by atoms with Gasteiger partial charge in [0.1, 0.15) is 5.84 Å². The second-order valence-electron chi connectivity index (χ2n) is 16.2. The van der Waals surface area contributed by atoms with Gasteiger partial charge in [-0.05, 0) is 113 Å². The molecule has 6 aromatic carbocycles. The smallest absolute Gasteiger partial charge is 0.167 e. The molecular formula is C57H49N4Si. The summed E-state index contributed by atoms with van der Waals surface area (Å²) in [5.41, 5.74) is 21.5. The van der Waals surface area contributed by atoms with Crippen molar-refractivity contribution < 1.29 is 0 Å². The maximum Gasteiger partial charge on any atom is 0.167 e. The van der Waals surface area contributed by atoms with E-state index in [-0.39, 0.29) is 0 Å². The highest BCUT2D eigenvalue weighted by Crippen LogP contribution is 2.36. The van der Waals surface area contributed by atoms with Crippen molar-refractivity contribution in [2.24, 2.45) is 15.7 Å². The molecule has 1 aliphatic heterocycles. The first-order valence-electron chi connectivity index (χ1n) is 21.8. The number of rotatable bonds is 11. The van der Waals surface area contributed by atoms with Crippen LogP contribution in [-0.2, 0) is 12.8 Å². The number of aliphatic imine (C=N–C) groups is 2. The highest BCUT2D eigenvalue weighted by atomic mass is 28.3. The van der Waals surface area contributed by atoms with E-state index in [0.717, 1.165) is 48.8 Å². The predicted molar refractivity (Wildman–Crippen MR) is 265 cm³/mol. The van der Waals surface area contributed by atoms with Crippen LogP contribution in [0.5, 0.6) is 0 Å². The summed E-state index contributed by atoms with van der Waals surface area (Å²) in [6, 6.07) is 53.4. The van der Waals surface area contributed by atoms with Crippen molar-refractivity contribution >= 4 is 53.4 Å². The SMILES string of the molecule is C/C=C(\C=C/Cc1ccc2c(c1)c1c(n2-c2ccc(-c3cccc4c3[Si](c3ccccc3)c3ccccc3-4)cc2)CCC=C1)C(N)=NC(N=Cc1ccccc1)C1=CCCC=C1. The Balaban J connectivity index is 0.922. The summed E-state index contributed by atoms with van der Waals surface area (Å²) in [4.78, 5) is 9.81. The summed E-state index contributed by atoms with van der Waals surface area (Å²) in [5.74, 6) is 0.482. The second kappa shape index (κ2) is 17.5. The monoisotopic (exact) mass is 817 g/mol. The van der Waals surface area contributed by atoms with E-state index in [1.807, 2.05) is 49.5 Å². The molecule has 0 bridgehead atoms. The number of allylic oxidation sites excluding steroid dienone is 5. The van der Waals surface area contributed by atoms with Crippen molar-refractivity contribution in [3.05, 3.63) is 222 Å². The molecular weight excluding hydrogens is 769 g/mol. The van der Waals surface area contributed by atoms with Gasteiger partial charge in [0, 0.05) is 34.1 Å². The Kier molecular flexibility index (Phi) is 11.0. The molecule has 7 aromatic rings. The van der Waals surface area contributed by atoms with Gasteiger partial charge in [0.2, 0.25) is 0 Å². The lowest BCUT2D eigenvalue weighted by molar-refractivity contribution is 0.823. The number of benzene rings is 6. The van der Waals surface area contributed by atoms with Crippen LogP contribution in [0.25, 0.3) is 44.9 Å². The van der Waals surface area contributed by atoms with Crippen LogP contribution in [-0.4, -0.2) is 31.6 Å². The lowest BCUT2D eigenvalue weighted by Crippen LogP contribution is -2.49. The zero-order valence-electron chi connectivity index (χ0n) is 35.1. The Morgan fingerprint density at radius 1 is 0.758 bits per heavy atom. The first-order chi connectivity index (χ1) is 30.6. The topological polar surface area (TPSA) is 55.7 Å². The zero-order chi connectivity index (χ0) is 41.8. The van der Waals surface area contributed by atoms with Crippen LogP contribution >= 0.6 is 0 Å². The zero-order valence-corrected chi connectivity index (χ0v) is 36.1. The summed E-state index contributed by atoms with van der Waals surface area (Å²) in [6.45, 7) is 2.01.